The molecule has 26 heavy (non-hydrogen) atoms. The molecule has 0 fully saturated rings. The highest BCUT2D eigenvalue weighted by Crippen LogP contribution is 2.31. The van der Waals surface area contributed by atoms with E-state index in [0.717, 1.165) is 17.0 Å². The Kier molecular flexibility index (Phi) is 5.11. The first-order valence-corrected chi connectivity index (χ1v) is 8.81. The molecule has 1 aliphatic rings. The van der Waals surface area contributed by atoms with Crippen LogP contribution in [0.25, 0.3) is 0 Å². The van der Waals surface area contributed by atoms with Crippen molar-refractivity contribution in [2.75, 3.05) is 0 Å². The van der Waals surface area contributed by atoms with Crippen molar-refractivity contribution < 1.29 is 14.6 Å². The second kappa shape index (κ2) is 7.83. The first kappa shape index (κ1) is 17.0. The molecule has 0 aliphatic carbocycles. The number of fused-ring (bicyclic) bond motifs is 1. The molecule has 1 aliphatic heterocycles. The van der Waals surface area contributed by atoms with Crippen LogP contribution in [0.1, 0.15) is 23.1 Å². The number of aliphatic hydroxyl groups excluding tert-OH is 1. The summed E-state index contributed by atoms with van der Waals surface area (Å²) in [6.07, 6.45) is 2.07. The number of benzene rings is 2. The molecule has 134 valence electrons. The Labute approximate surface area is 152 Å². The van der Waals surface area contributed by atoms with Crippen molar-refractivity contribution in [1.82, 2.24) is 9.55 Å². The molecule has 5 nitrogen and oxygen atoms in total. The predicted molar refractivity (Wildman–Crippen MR) is 97.2 cm³/mol. The molecule has 3 atom stereocenters. The monoisotopic (exact) mass is 350 g/mol. The smallest absolute Gasteiger partial charge is 0.144 e. The second-order valence-electron chi connectivity index (χ2n) is 6.48. The van der Waals surface area contributed by atoms with Gasteiger partial charge in [-0.3, -0.25) is 0 Å². The summed E-state index contributed by atoms with van der Waals surface area (Å²) in [6.45, 7) is 1.32. The molecule has 0 saturated carbocycles. The standard InChI is InChI=1S/C21H22N2O3/c24-18-13-23-12-11-22-21(23)20(26-15-17-9-5-2-6-10-17)19(18)25-14-16-7-3-1-4-8-16/h1-12,18-20,24H,13-15H2/t18-,19-,20-/m1/s1. The van der Waals surface area contributed by atoms with Crippen molar-refractivity contribution in [1.29, 1.82) is 0 Å². The molecule has 0 radical (unpaired) electrons. The molecule has 1 N–H and O–H groups in total. The van der Waals surface area contributed by atoms with Crippen molar-refractivity contribution in [3.63, 3.8) is 0 Å². The number of hydrogen-bond acceptors (Lipinski definition) is 4. The largest absolute Gasteiger partial charge is 0.388 e. The van der Waals surface area contributed by atoms with Crippen LogP contribution in [0.3, 0.4) is 0 Å². The second-order valence-corrected chi connectivity index (χ2v) is 6.48. The normalized spacial score (nSPS) is 22.1. The van der Waals surface area contributed by atoms with E-state index in [-0.39, 0.29) is 0 Å². The van der Waals surface area contributed by atoms with Crippen molar-refractivity contribution >= 4 is 0 Å². The van der Waals surface area contributed by atoms with Gasteiger partial charge in [-0.15, -0.1) is 0 Å². The van der Waals surface area contributed by atoms with Crippen LogP contribution in [-0.2, 0) is 29.2 Å². The first-order valence-electron chi connectivity index (χ1n) is 8.81. The number of rotatable bonds is 6. The number of aliphatic hydroxyl groups is 1. The van der Waals surface area contributed by atoms with Crippen molar-refractivity contribution in [3.8, 4) is 0 Å². The number of nitrogens with zero attached hydrogens (tertiary/aromatic N) is 2. The summed E-state index contributed by atoms with van der Waals surface area (Å²) < 4.78 is 14.2. The summed E-state index contributed by atoms with van der Waals surface area (Å²) in [5, 5.41) is 10.6. The van der Waals surface area contributed by atoms with E-state index in [0.29, 0.717) is 19.8 Å². The molecule has 0 unspecified atom stereocenters. The molecule has 0 bridgehead atoms. The van der Waals surface area contributed by atoms with Crippen molar-refractivity contribution in [2.24, 2.45) is 0 Å². The van der Waals surface area contributed by atoms with E-state index in [2.05, 4.69) is 4.98 Å². The van der Waals surface area contributed by atoms with Crippen LogP contribution in [0, 0.1) is 0 Å². The van der Waals surface area contributed by atoms with Crippen LogP contribution in [0.4, 0.5) is 0 Å². The maximum Gasteiger partial charge on any atom is 0.144 e. The number of ether oxygens (including phenoxy) is 2. The maximum absolute atomic E-state index is 10.6. The quantitative estimate of drug-likeness (QED) is 0.742. The van der Waals surface area contributed by atoms with Crippen LogP contribution >= 0.6 is 0 Å². The minimum atomic E-state index is -0.652. The summed E-state index contributed by atoms with van der Waals surface area (Å²) in [6, 6.07) is 19.9. The van der Waals surface area contributed by atoms with E-state index >= 15 is 0 Å². The van der Waals surface area contributed by atoms with Gasteiger partial charge in [-0.2, -0.15) is 0 Å². The van der Waals surface area contributed by atoms with Gasteiger partial charge >= 0.3 is 0 Å². The Balaban J connectivity index is 1.51. The van der Waals surface area contributed by atoms with E-state index in [1.54, 1.807) is 6.20 Å². The Bertz CT molecular complexity index is 820. The number of hydrogen-bond donors (Lipinski definition) is 1. The predicted octanol–water partition coefficient (Wildman–Crippen LogP) is 3.10. The van der Waals surface area contributed by atoms with Gasteiger partial charge in [0.1, 0.15) is 24.1 Å². The highest BCUT2D eigenvalue weighted by Gasteiger charge is 2.38. The molecule has 1 aromatic heterocycles. The lowest BCUT2D eigenvalue weighted by Crippen LogP contribution is -2.44. The van der Waals surface area contributed by atoms with Crippen LogP contribution in [0.15, 0.2) is 73.1 Å². The SMILES string of the molecule is O[C@@H]1Cn2ccnc2[C@H](OCc2ccccc2)[C@@H]1OCc1ccccc1. The molecule has 0 amide bonds. The molecule has 5 heteroatoms. The first-order chi connectivity index (χ1) is 12.8. The average Bonchev–Trinajstić information content (AvgIpc) is 3.14. The molecule has 2 heterocycles. The average molecular weight is 350 g/mol. The molecular weight excluding hydrogens is 328 g/mol. The van der Waals surface area contributed by atoms with Gasteiger partial charge in [-0.1, -0.05) is 60.7 Å². The summed E-state index contributed by atoms with van der Waals surface area (Å²) in [5.74, 6) is 0.796. The van der Waals surface area contributed by atoms with Gasteiger partial charge < -0.3 is 19.1 Å². The third kappa shape index (κ3) is 3.70. The fourth-order valence-electron chi connectivity index (χ4n) is 3.28. The van der Waals surface area contributed by atoms with Crippen LogP contribution in [0.5, 0.6) is 0 Å². The van der Waals surface area contributed by atoms with Gasteiger partial charge in [0.2, 0.25) is 0 Å². The zero-order chi connectivity index (χ0) is 17.8. The van der Waals surface area contributed by atoms with E-state index in [1.165, 1.54) is 0 Å². The van der Waals surface area contributed by atoms with Crippen LogP contribution in [0.2, 0.25) is 0 Å². The van der Waals surface area contributed by atoms with Gasteiger partial charge in [0.05, 0.1) is 19.8 Å². The van der Waals surface area contributed by atoms with Crippen LogP contribution in [-0.4, -0.2) is 26.9 Å². The third-order valence-electron chi connectivity index (χ3n) is 4.62. The lowest BCUT2D eigenvalue weighted by molar-refractivity contribution is -0.152. The van der Waals surface area contributed by atoms with E-state index in [1.807, 2.05) is 71.4 Å². The Morgan fingerprint density at radius 1 is 0.923 bits per heavy atom. The molecule has 3 aromatic rings. The van der Waals surface area contributed by atoms with Crippen molar-refractivity contribution in [3.05, 3.63) is 90.0 Å². The topological polar surface area (TPSA) is 56.5 Å². The minimum absolute atomic E-state index is 0.419. The lowest BCUT2D eigenvalue weighted by Gasteiger charge is -2.35. The maximum atomic E-state index is 10.6. The number of aromatic nitrogens is 2. The summed E-state index contributed by atoms with van der Waals surface area (Å²) in [5.41, 5.74) is 2.14. The van der Waals surface area contributed by atoms with Gasteiger partial charge in [0.25, 0.3) is 0 Å². The highest BCUT2D eigenvalue weighted by molar-refractivity contribution is 5.15. The fourth-order valence-corrected chi connectivity index (χ4v) is 3.28. The zero-order valence-corrected chi connectivity index (χ0v) is 14.4. The number of imidazole rings is 1. The van der Waals surface area contributed by atoms with Gasteiger partial charge in [-0.25, -0.2) is 4.98 Å². The lowest BCUT2D eigenvalue weighted by atomic mass is 10.0. The highest BCUT2D eigenvalue weighted by atomic mass is 16.5. The summed E-state index contributed by atoms with van der Waals surface area (Å²) in [7, 11) is 0. The van der Waals surface area contributed by atoms with E-state index in [4.69, 9.17) is 9.47 Å². The van der Waals surface area contributed by atoms with E-state index < -0.39 is 18.3 Å². The van der Waals surface area contributed by atoms with Gasteiger partial charge in [0, 0.05) is 12.4 Å². The Hall–Kier alpha value is -2.47. The fraction of sp³-hybridized carbons (Fsp3) is 0.286. The molecule has 4 rings (SSSR count). The zero-order valence-electron chi connectivity index (χ0n) is 14.4. The molecule has 0 spiro atoms. The Morgan fingerprint density at radius 2 is 1.54 bits per heavy atom. The van der Waals surface area contributed by atoms with Crippen molar-refractivity contribution in [2.45, 2.75) is 38.1 Å². The van der Waals surface area contributed by atoms with E-state index in [9.17, 15) is 5.11 Å². The van der Waals surface area contributed by atoms with Gasteiger partial charge in [-0.05, 0) is 11.1 Å². The molecular formula is C21H22N2O3. The molecule has 0 saturated heterocycles. The third-order valence-corrected chi connectivity index (χ3v) is 4.62. The van der Waals surface area contributed by atoms with Crippen LogP contribution < -0.4 is 0 Å². The van der Waals surface area contributed by atoms with Gasteiger partial charge in [0.15, 0.2) is 0 Å². The Morgan fingerprint density at radius 3 is 2.19 bits per heavy atom. The molecule has 2 aromatic carbocycles. The minimum Gasteiger partial charge on any atom is -0.388 e. The summed E-state index contributed by atoms with van der Waals surface area (Å²) in [4.78, 5) is 4.44. The summed E-state index contributed by atoms with van der Waals surface area (Å²) >= 11 is 0.